The molecule has 2 aromatic rings. The zero-order valence-corrected chi connectivity index (χ0v) is 17.3. The van der Waals surface area contributed by atoms with E-state index in [0.29, 0.717) is 23.8 Å². The van der Waals surface area contributed by atoms with Gasteiger partial charge in [0.15, 0.2) is 11.5 Å². The average molecular weight is 405 g/mol. The van der Waals surface area contributed by atoms with Gasteiger partial charge < -0.3 is 29.3 Å². The van der Waals surface area contributed by atoms with Gasteiger partial charge in [0.2, 0.25) is 11.7 Å². The number of amides is 2. The van der Waals surface area contributed by atoms with E-state index in [1.165, 1.54) is 33.5 Å². The van der Waals surface area contributed by atoms with Crippen LogP contribution in [0.3, 0.4) is 0 Å². The lowest BCUT2D eigenvalue weighted by molar-refractivity contribution is -0.120. The molecule has 1 aromatic carbocycles. The number of hydrogen-bond acceptors (Lipinski definition) is 7. The maximum atomic E-state index is 12.5. The number of furan rings is 1. The largest absolute Gasteiger partial charge is 0.493 e. The van der Waals surface area contributed by atoms with Crippen LogP contribution in [0.2, 0.25) is 0 Å². The van der Waals surface area contributed by atoms with Gasteiger partial charge in [-0.15, -0.1) is 0 Å². The first-order valence-electron chi connectivity index (χ1n) is 8.96. The van der Waals surface area contributed by atoms with Gasteiger partial charge in [-0.25, -0.2) is 0 Å². The van der Waals surface area contributed by atoms with Crippen molar-refractivity contribution in [1.82, 2.24) is 15.5 Å². The summed E-state index contributed by atoms with van der Waals surface area (Å²) in [5, 5.41) is 5.38. The Labute approximate surface area is 169 Å². The van der Waals surface area contributed by atoms with Crippen LogP contribution in [0.1, 0.15) is 22.2 Å². The summed E-state index contributed by atoms with van der Waals surface area (Å²) >= 11 is 0. The number of benzene rings is 1. The van der Waals surface area contributed by atoms with E-state index in [2.05, 4.69) is 10.6 Å². The van der Waals surface area contributed by atoms with E-state index in [1.807, 2.05) is 25.1 Å². The molecule has 1 aromatic heterocycles. The molecule has 0 aliphatic carbocycles. The number of nitrogens with one attached hydrogen (secondary N) is 2. The van der Waals surface area contributed by atoms with Crippen molar-refractivity contribution in [2.45, 2.75) is 6.04 Å². The second-order valence-corrected chi connectivity index (χ2v) is 6.40. The molecular weight excluding hydrogens is 378 g/mol. The fourth-order valence-corrected chi connectivity index (χ4v) is 2.77. The van der Waals surface area contributed by atoms with Gasteiger partial charge in [-0.3, -0.25) is 14.5 Å². The molecule has 1 heterocycles. The van der Waals surface area contributed by atoms with E-state index in [9.17, 15) is 9.59 Å². The summed E-state index contributed by atoms with van der Waals surface area (Å²) < 4.78 is 21.1. The molecule has 0 aliphatic heterocycles. The van der Waals surface area contributed by atoms with Crippen LogP contribution in [0.5, 0.6) is 17.2 Å². The zero-order valence-electron chi connectivity index (χ0n) is 17.3. The topological polar surface area (TPSA) is 102 Å². The monoisotopic (exact) mass is 405 g/mol. The second-order valence-electron chi connectivity index (χ2n) is 6.40. The van der Waals surface area contributed by atoms with Gasteiger partial charge in [0.1, 0.15) is 5.76 Å². The van der Waals surface area contributed by atoms with E-state index in [4.69, 9.17) is 18.6 Å². The molecule has 2 N–H and O–H groups in total. The Hall–Kier alpha value is -3.20. The predicted octanol–water partition coefficient (Wildman–Crippen LogP) is 1.45. The first-order valence-corrected chi connectivity index (χ1v) is 8.96. The maximum Gasteiger partial charge on any atom is 0.251 e. The Balaban J connectivity index is 1.95. The van der Waals surface area contributed by atoms with Gasteiger partial charge in [0.05, 0.1) is 40.2 Å². The Morgan fingerprint density at radius 2 is 1.72 bits per heavy atom. The molecule has 29 heavy (non-hydrogen) atoms. The smallest absolute Gasteiger partial charge is 0.251 e. The van der Waals surface area contributed by atoms with Crippen LogP contribution in [-0.4, -0.2) is 65.2 Å². The SMILES string of the molecule is COc1cc(C(=O)NCC(=O)NCC(c2ccco2)N(C)C)cc(OC)c1OC. The third kappa shape index (κ3) is 5.64. The van der Waals surface area contributed by atoms with E-state index in [0.717, 1.165) is 5.76 Å². The number of rotatable bonds is 10. The van der Waals surface area contributed by atoms with Crippen LogP contribution in [0.4, 0.5) is 0 Å². The molecule has 158 valence electrons. The van der Waals surface area contributed by atoms with Gasteiger partial charge in [-0.05, 0) is 38.4 Å². The summed E-state index contributed by atoms with van der Waals surface area (Å²) in [6.07, 6.45) is 1.59. The highest BCUT2D eigenvalue weighted by molar-refractivity contribution is 5.97. The third-order valence-corrected chi connectivity index (χ3v) is 4.32. The van der Waals surface area contributed by atoms with E-state index in [-0.39, 0.29) is 24.1 Å². The number of carbonyl (C=O) groups excluding carboxylic acids is 2. The first kappa shape index (κ1) is 22.1. The molecule has 0 saturated heterocycles. The van der Waals surface area contributed by atoms with E-state index >= 15 is 0 Å². The normalized spacial score (nSPS) is 11.7. The number of ether oxygens (including phenoxy) is 3. The number of hydrogen-bond donors (Lipinski definition) is 2. The summed E-state index contributed by atoms with van der Waals surface area (Å²) in [7, 11) is 8.20. The van der Waals surface area contributed by atoms with Crippen molar-refractivity contribution in [2.75, 3.05) is 48.5 Å². The summed E-state index contributed by atoms with van der Waals surface area (Å²) in [6.45, 7) is 0.174. The Morgan fingerprint density at radius 1 is 1.07 bits per heavy atom. The number of nitrogens with zero attached hydrogens (tertiary/aromatic N) is 1. The molecule has 9 nitrogen and oxygen atoms in total. The van der Waals surface area contributed by atoms with Crippen LogP contribution in [0.15, 0.2) is 34.9 Å². The minimum absolute atomic E-state index is 0.111. The van der Waals surface area contributed by atoms with Crippen LogP contribution in [0.25, 0.3) is 0 Å². The molecular formula is C20H27N3O6. The van der Waals surface area contributed by atoms with Crippen molar-refractivity contribution in [2.24, 2.45) is 0 Å². The third-order valence-electron chi connectivity index (χ3n) is 4.32. The van der Waals surface area contributed by atoms with Crippen molar-refractivity contribution in [1.29, 1.82) is 0 Å². The highest BCUT2D eigenvalue weighted by Gasteiger charge is 2.19. The lowest BCUT2D eigenvalue weighted by Gasteiger charge is -2.22. The highest BCUT2D eigenvalue weighted by Crippen LogP contribution is 2.38. The van der Waals surface area contributed by atoms with Crippen molar-refractivity contribution in [3.63, 3.8) is 0 Å². The quantitative estimate of drug-likeness (QED) is 0.617. The van der Waals surface area contributed by atoms with Crippen molar-refractivity contribution >= 4 is 11.8 Å². The molecule has 0 fully saturated rings. The van der Waals surface area contributed by atoms with Crippen molar-refractivity contribution in [3.8, 4) is 17.2 Å². The van der Waals surface area contributed by atoms with Gasteiger partial charge in [0.25, 0.3) is 5.91 Å². The zero-order chi connectivity index (χ0) is 21.4. The Morgan fingerprint density at radius 3 is 2.21 bits per heavy atom. The molecule has 0 spiro atoms. The minimum atomic E-state index is -0.436. The van der Waals surface area contributed by atoms with Gasteiger partial charge >= 0.3 is 0 Å². The molecule has 0 saturated carbocycles. The fourth-order valence-electron chi connectivity index (χ4n) is 2.77. The van der Waals surface area contributed by atoms with Gasteiger partial charge in [-0.2, -0.15) is 0 Å². The lowest BCUT2D eigenvalue weighted by atomic mass is 10.1. The lowest BCUT2D eigenvalue weighted by Crippen LogP contribution is -2.40. The number of likely N-dealkylation sites (N-methyl/N-ethyl adjacent to an activating group) is 1. The summed E-state index contributed by atoms with van der Waals surface area (Å²) in [4.78, 5) is 26.6. The molecule has 0 bridgehead atoms. The minimum Gasteiger partial charge on any atom is -0.493 e. The number of carbonyl (C=O) groups is 2. The van der Waals surface area contributed by atoms with Crippen LogP contribution in [0, 0.1) is 0 Å². The molecule has 1 atom stereocenters. The van der Waals surface area contributed by atoms with E-state index in [1.54, 1.807) is 12.3 Å². The first-order chi connectivity index (χ1) is 13.9. The number of methoxy groups -OCH3 is 3. The summed E-state index contributed by atoms with van der Waals surface area (Å²) in [6, 6.07) is 6.58. The maximum absolute atomic E-state index is 12.5. The standard InChI is InChI=1S/C20H27N3O6/c1-23(2)14(15-7-6-8-29-15)11-21-18(24)12-22-20(25)13-9-16(26-3)19(28-5)17(10-13)27-4/h6-10,14H,11-12H2,1-5H3,(H,21,24)(H,22,25). The fraction of sp³-hybridized carbons (Fsp3) is 0.400. The van der Waals surface area contributed by atoms with Crippen LogP contribution >= 0.6 is 0 Å². The highest BCUT2D eigenvalue weighted by atomic mass is 16.5. The summed E-state index contributed by atoms with van der Waals surface area (Å²) in [5.41, 5.74) is 0.286. The van der Waals surface area contributed by atoms with Crippen molar-refractivity contribution < 1.29 is 28.2 Å². The van der Waals surface area contributed by atoms with Crippen molar-refractivity contribution in [3.05, 3.63) is 41.9 Å². The molecule has 2 amide bonds. The predicted molar refractivity (Wildman–Crippen MR) is 107 cm³/mol. The second kappa shape index (κ2) is 10.4. The molecule has 0 radical (unpaired) electrons. The Kier molecular flexibility index (Phi) is 7.90. The van der Waals surface area contributed by atoms with Gasteiger partial charge in [0, 0.05) is 12.1 Å². The average Bonchev–Trinajstić information content (AvgIpc) is 3.24. The van der Waals surface area contributed by atoms with Crippen LogP contribution in [-0.2, 0) is 4.79 Å². The Bertz CT molecular complexity index is 795. The van der Waals surface area contributed by atoms with Gasteiger partial charge in [-0.1, -0.05) is 0 Å². The molecule has 0 aliphatic rings. The molecule has 1 unspecified atom stereocenters. The summed E-state index contributed by atoms with van der Waals surface area (Å²) in [5.74, 6) is 1.09. The van der Waals surface area contributed by atoms with E-state index < -0.39 is 5.91 Å². The molecule has 2 rings (SSSR count). The van der Waals surface area contributed by atoms with Crippen LogP contribution < -0.4 is 24.8 Å². The molecule has 9 heteroatoms.